The SMILES string of the molecule is CCOC(=O)C=Cc1cc(C)c(OC)c(OC)c1. The van der Waals surface area contributed by atoms with E-state index in [1.54, 1.807) is 27.2 Å². The highest BCUT2D eigenvalue weighted by molar-refractivity contribution is 5.87. The van der Waals surface area contributed by atoms with E-state index in [4.69, 9.17) is 14.2 Å². The third kappa shape index (κ3) is 3.52. The molecule has 1 aromatic carbocycles. The van der Waals surface area contributed by atoms with E-state index >= 15 is 0 Å². The van der Waals surface area contributed by atoms with Crippen LogP contribution in [0.5, 0.6) is 11.5 Å². The van der Waals surface area contributed by atoms with Gasteiger partial charge in [0.05, 0.1) is 20.8 Å². The van der Waals surface area contributed by atoms with Crippen molar-refractivity contribution >= 4 is 12.0 Å². The molecule has 1 aromatic rings. The Morgan fingerprint density at radius 2 is 2.00 bits per heavy atom. The molecule has 0 aromatic heterocycles. The van der Waals surface area contributed by atoms with Crippen molar-refractivity contribution in [1.29, 1.82) is 0 Å². The lowest BCUT2D eigenvalue weighted by molar-refractivity contribution is -0.137. The van der Waals surface area contributed by atoms with E-state index in [1.807, 2.05) is 19.1 Å². The van der Waals surface area contributed by atoms with Gasteiger partial charge in [0.1, 0.15) is 0 Å². The van der Waals surface area contributed by atoms with E-state index in [1.165, 1.54) is 6.08 Å². The molecule has 0 aliphatic heterocycles. The maximum atomic E-state index is 11.2. The summed E-state index contributed by atoms with van der Waals surface area (Å²) in [7, 11) is 3.18. The Labute approximate surface area is 107 Å². The van der Waals surface area contributed by atoms with Crippen LogP contribution in [-0.4, -0.2) is 26.8 Å². The molecule has 0 radical (unpaired) electrons. The molecule has 0 fully saturated rings. The fraction of sp³-hybridized carbons (Fsp3) is 0.357. The van der Waals surface area contributed by atoms with Gasteiger partial charge in [-0.1, -0.05) is 0 Å². The molecule has 0 saturated carbocycles. The Kier molecular flexibility index (Phi) is 5.24. The van der Waals surface area contributed by atoms with Crippen molar-refractivity contribution in [2.24, 2.45) is 0 Å². The maximum absolute atomic E-state index is 11.2. The number of hydrogen-bond acceptors (Lipinski definition) is 4. The zero-order valence-electron chi connectivity index (χ0n) is 11.1. The van der Waals surface area contributed by atoms with Gasteiger partial charge < -0.3 is 14.2 Å². The first kappa shape index (κ1) is 14.1. The van der Waals surface area contributed by atoms with E-state index in [0.29, 0.717) is 18.1 Å². The molecule has 0 aliphatic rings. The number of hydrogen-bond donors (Lipinski definition) is 0. The van der Waals surface area contributed by atoms with Crippen molar-refractivity contribution in [2.45, 2.75) is 13.8 Å². The Morgan fingerprint density at radius 1 is 1.28 bits per heavy atom. The van der Waals surface area contributed by atoms with Crippen LogP contribution in [0.2, 0.25) is 0 Å². The fourth-order valence-corrected chi connectivity index (χ4v) is 1.63. The van der Waals surface area contributed by atoms with Gasteiger partial charge in [-0.2, -0.15) is 0 Å². The van der Waals surface area contributed by atoms with Crippen molar-refractivity contribution in [1.82, 2.24) is 0 Å². The van der Waals surface area contributed by atoms with Crippen LogP contribution in [0.3, 0.4) is 0 Å². The standard InChI is InChI=1S/C14H18O4/c1-5-18-13(15)7-6-11-8-10(2)14(17-4)12(9-11)16-3/h6-9H,5H2,1-4H3. The van der Waals surface area contributed by atoms with Crippen molar-refractivity contribution in [3.63, 3.8) is 0 Å². The van der Waals surface area contributed by atoms with E-state index in [-0.39, 0.29) is 5.97 Å². The molecular weight excluding hydrogens is 232 g/mol. The quantitative estimate of drug-likeness (QED) is 0.595. The zero-order valence-corrected chi connectivity index (χ0v) is 11.1. The number of ether oxygens (including phenoxy) is 3. The summed E-state index contributed by atoms with van der Waals surface area (Å²) in [6.45, 7) is 4.06. The van der Waals surface area contributed by atoms with Crippen molar-refractivity contribution in [3.8, 4) is 11.5 Å². The molecule has 1 rings (SSSR count). The topological polar surface area (TPSA) is 44.8 Å². The van der Waals surface area contributed by atoms with Crippen LogP contribution >= 0.6 is 0 Å². The van der Waals surface area contributed by atoms with Crippen LogP contribution in [0.1, 0.15) is 18.1 Å². The minimum atomic E-state index is -0.357. The highest BCUT2D eigenvalue weighted by Gasteiger charge is 2.08. The molecule has 0 unspecified atom stereocenters. The van der Waals surface area contributed by atoms with Gasteiger partial charge in [0.2, 0.25) is 0 Å². The Morgan fingerprint density at radius 3 is 2.56 bits per heavy atom. The molecule has 0 N–H and O–H groups in total. The smallest absolute Gasteiger partial charge is 0.330 e. The van der Waals surface area contributed by atoms with Crippen molar-refractivity contribution < 1.29 is 19.0 Å². The first-order valence-electron chi connectivity index (χ1n) is 5.69. The Bertz CT molecular complexity index is 449. The van der Waals surface area contributed by atoms with Gasteiger partial charge in [-0.15, -0.1) is 0 Å². The average molecular weight is 250 g/mol. The molecule has 4 heteroatoms. The lowest BCUT2D eigenvalue weighted by Gasteiger charge is -2.11. The molecule has 0 amide bonds. The second-order valence-corrected chi connectivity index (χ2v) is 3.66. The normalized spacial score (nSPS) is 10.4. The van der Waals surface area contributed by atoms with Gasteiger partial charge in [-0.05, 0) is 43.2 Å². The summed E-state index contributed by atoms with van der Waals surface area (Å²) in [5.74, 6) is 0.983. The van der Waals surface area contributed by atoms with Gasteiger partial charge in [-0.3, -0.25) is 0 Å². The number of carbonyl (C=O) groups is 1. The van der Waals surface area contributed by atoms with E-state index < -0.39 is 0 Å². The molecule has 4 nitrogen and oxygen atoms in total. The lowest BCUT2D eigenvalue weighted by atomic mass is 10.1. The van der Waals surface area contributed by atoms with Gasteiger partial charge >= 0.3 is 5.97 Å². The summed E-state index contributed by atoms with van der Waals surface area (Å²) in [4.78, 5) is 11.2. The molecule has 0 atom stereocenters. The first-order valence-corrected chi connectivity index (χ1v) is 5.69. The minimum Gasteiger partial charge on any atom is -0.493 e. The van der Waals surface area contributed by atoms with Gasteiger partial charge in [0, 0.05) is 6.08 Å². The van der Waals surface area contributed by atoms with E-state index in [9.17, 15) is 4.79 Å². The minimum absolute atomic E-state index is 0.357. The average Bonchev–Trinajstić information content (AvgIpc) is 2.36. The van der Waals surface area contributed by atoms with Crippen molar-refractivity contribution in [3.05, 3.63) is 29.3 Å². The third-order valence-electron chi connectivity index (χ3n) is 2.39. The predicted octanol–water partition coefficient (Wildman–Crippen LogP) is 2.59. The van der Waals surface area contributed by atoms with Crippen molar-refractivity contribution in [2.75, 3.05) is 20.8 Å². The molecule has 0 saturated heterocycles. The third-order valence-corrected chi connectivity index (χ3v) is 2.39. The number of methoxy groups -OCH3 is 2. The second kappa shape index (κ2) is 6.69. The molecule has 0 bridgehead atoms. The van der Waals surface area contributed by atoms with Crippen LogP contribution in [0.15, 0.2) is 18.2 Å². The van der Waals surface area contributed by atoms with Crippen LogP contribution in [0.25, 0.3) is 6.08 Å². The number of esters is 1. The summed E-state index contributed by atoms with van der Waals surface area (Å²) in [5.41, 5.74) is 1.80. The van der Waals surface area contributed by atoms with Gasteiger partial charge in [0.25, 0.3) is 0 Å². The highest BCUT2D eigenvalue weighted by atomic mass is 16.5. The Hall–Kier alpha value is -1.97. The summed E-state index contributed by atoms with van der Waals surface area (Å²) in [6, 6.07) is 3.72. The van der Waals surface area contributed by atoms with E-state index in [2.05, 4.69) is 0 Å². The molecule has 18 heavy (non-hydrogen) atoms. The van der Waals surface area contributed by atoms with Crippen LogP contribution in [0, 0.1) is 6.92 Å². The molecule has 0 spiro atoms. The van der Waals surface area contributed by atoms with Gasteiger partial charge in [-0.25, -0.2) is 4.79 Å². The fourth-order valence-electron chi connectivity index (χ4n) is 1.63. The van der Waals surface area contributed by atoms with Gasteiger partial charge in [0.15, 0.2) is 11.5 Å². The summed E-state index contributed by atoms with van der Waals surface area (Å²) in [5, 5.41) is 0. The lowest BCUT2D eigenvalue weighted by Crippen LogP contribution is -1.99. The molecule has 98 valence electrons. The monoisotopic (exact) mass is 250 g/mol. The number of aryl methyl sites for hydroxylation is 1. The summed E-state index contributed by atoms with van der Waals surface area (Å²) < 4.78 is 15.3. The molecular formula is C14H18O4. The number of rotatable bonds is 5. The van der Waals surface area contributed by atoms with E-state index in [0.717, 1.165) is 11.1 Å². The first-order chi connectivity index (χ1) is 8.62. The predicted molar refractivity (Wildman–Crippen MR) is 70.0 cm³/mol. The summed E-state index contributed by atoms with van der Waals surface area (Å²) in [6.07, 6.45) is 3.08. The summed E-state index contributed by atoms with van der Waals surface area (Å²) >= 11 is 0. The highest BCUT2D eigenvalue weighted by Crippen LogP contribution is 2.32. The zero-order chi connectivity index (χ0) is 13.5. The maximum Gasteiger partial charge on any atom is 0.330 e. The molecule has 0 heterocycles. The second-order valence-electron chi connectivity index (χ2n) is 3.66. The van der Waals surface area contributed by atoms with Crippen LogP contribution in [-0.2, 0) is 9.53 Å². The molecule has 0 aliphatic carbocycles. The largest absolute Gasteiger partial charge is 0.493 e. The number of carbonyl (C=O) groups excluding carboxylic acids is 1. The number of benzene rings is 1. The Balaban J connectivity index is 2.98. The van der Waals surface area contributed by atoms with Crippen LogP contribution < -0.4 is 9.47 Å². The van der Waals surface area contributed by atoms with Crippen LogP contribution in [0.4, 0.5) is 0 Å².